The van der Waals surface area contributed by atoms with Gasteiger partial charge in [-0.05, 0) is 38.8 Å². The summed E-state index contributed by atoms with van der Waals surface area (Å²) < 4.78 is 0. The highest BCUT2D eigenvalue weighted by atomic mass is 32.1. The van der Waals surface area contributed by atoms with E-state index in [4.69, 9.17) is 0 Å². The fraction of sp³-hybridized carbons (Fsp3) is 1.00. The van der Waals surface area contributed by atoms with E-state index in [1.54, 1.807) is 0 Å². The minimum absolute atomic E-state index is 0.166. The molecule has 0 radical (unpaired) electrons. The van der Waals surface area contributed by atoms with Crippen LogP contribution in [0.5, 0.6) is 0 Å². The standard InChI is InChI=1S/C8H17NOS/c1-9-5-4-6-2-3-7(10)8(6)11/h6-11H,2-5H2,1H3/t6-,7-,8-/m1/s1. The van der Waals surface area contributed by atoms with Gasteiger partial charge in [0, 0.05) is 5.25 Å². The molecule has 0 bridgehead atoms. The molecule has 1 saturated carbocycles. The zero-order chi connectivity index (χ0) is 8.27. The summed E-state index contributed by atoms with van der Waals surface area (Å²) in [6.45, 7) is 1.04. The molecule has 0 unspecified atom stereocenters. The highest BCUT2D eigenvalue weighted by molar-refractivity contribution is 7.81. The monoisotopic (exact) mass is 175 g/mol. The van der Waals surface area contributed by atoms with Crippen LogP contribution in [0.4, 0.5) is 0 Å². The van der Waals surface area contributed by atoms with Crippen molar-refractivity contribution < 1.29 is 5.11 Å². The third-order valence-corrected chi connectivity index (χ3v) is 3.24. The number of nitrogens with one attached hydrogen (secondary N) is 1. The topological polar surface area (TPSA) is 32.3 Å². The average Bonchev–Trinajstić information content (AvgIpc) is 2.31. The molecule has 0 aromatic carbocycles. The Balaban J connectivity index is 2.24. The van der Waals surface area contributed by atoms with Crippen molar-refractivity contribution in [2.75, 3.05) is 13.6 Å². The second kappa shape index (κ2) is 4.33. The van der Waals surface area contributed by atoms with Gasteiger partial charge in [0.25, 0.3) is 0 Å². The molecule has 1 aliphatic rings. The summed E-state index contributed by atoms with van der Waals surface area (Å²) in [5.74, 6) is 0.612. The van der Waals surface area contributed by atoms with Gasteiger partial charge in [0.15, 0.2) is 0 Å². The molecular weight excluding hydrogens is 158 g/mol. The van der Waals surface area contributed by atoms with Crippen LogP contribution in [0.15, 0.2) is 0 Å². The Kier molecular flexibility index (Phi) is 3.69. The Labute approximate surface area is 73.8 Å². The first-order valence-corrected chi connectivity index (χ1v) is 4.78. The maximum atomic E-state index is 9.37. The number of thiol groups is 1. The maximum Gasteiger partial charge on any atom is 0.0659 e. The number of aliphatic hydroxyl groups is 1. The van der Waals surface area contributed by atoms with E-state index in [-0.39, 0.29) is 11.4 Å². The lowest BCUT2D eigenvalue weighted by Crippen LogP contribution is -2.22. The van der Waals surface area contributed by atoms with E-state index < -0.39 is 0 Å². The van der Waals surface area contributed by atoms with Crippen LogP contribution in [0.3, 0.4) is 0 Å². The summed E-state index contributed by atoms with van der Waals surface area (Å²) in [5, 5.41) is 12.7. The SMILES string of the molecule is CNCC[C@H]1CC[C@@H](O)[C@@H]1S. The predicted octanol–water partition coefficient (Wildman–Crippen LogP) is 0.665. The van der Waals surface area contributed by atoms with Gasteiger partial charge in [0.05, 0.1) is 6.10 Å². The summed E-state index contributed by atoms with van der Waals surface area (Å²) in [5.41, 5.74) is 0. The molecule has 1 aliphatic carbocycles. The second-order valence-electron chi connectivity index (χ2n) is 3.29. The average molecular weight is 175 g/mol. The van der Waals surface area contributed by atoms with E-state index in [0.29, 0.717) is 5.92 Å². The molecule has 1 fully saturated rings. The third kappa shape index (κ3) is 2.36. The zero-order valence-corrected chi connectivity index (χ0v) is 7.85. The minimum atomic E-state index is -0.166. The normalized spacial score (nSPS) is 37.9. The van der Waals surface area contributed by atoms with Crippen LogP contribution in [-0.2, 0) is 0 Å². The van der Waals surface area contributed by atoms with Crippen LogP contribution in [0.25, 0.3) is 0 Å². The summed E-state index contributed by atoms with van der Waals surface area (Å²) in [4.78, 5) is 0. The van der Waals surface area contributed by atoms with Crippen LogP contribution in [0, 0.1) is 5.92 Å². The molecule has 3 atom stereocenters. The van der Waals surface area contributed by atoms with E-state index in [1.165, 1.54) is 0 Å². The number of hydrogen-bond donors (Lipinski definition) is 3. The van der Waals surface area contributed by atoms with Gasteiger partial charge >= 0.3 is 0 Å². The van der Waals surface area contributed by atoms with E-state index in [9.17, 15) is 5.11 Å². The van der Waals surface area contributed by atoms with Gasteiger partial charge in [-0.25, -0.2) is 0 Å². The molecule has 66 valence electrons. The van der Waals surface area contributed by atoms with Gasteiger partial charge in [-0.1, -0.05) is 0 Å². The van der Waals surface area contributed by atoms with Crippen molar-refractivity contribution in [3.05, 3.63) is 0 Å². The van der Waals surface area contributed by atoms with Gasteiger partial charge in [-0.15, -0.1) is 0 Å². The molecule has 0 heterocycles. The molecule has 0 aliphatic heterocycles. The molecule has 2 nitrogen and oxygen atoms in total. The van der Waals surface area contributed by atoms with Crippen molar-refractivity contribution >= 4 is 12.6 Å². The Morgan fingerprint density at radius 3 is 2.73 bits per heavy atom. The lowest BCUT2D eigenvalue weighted by molar-refractivity contribution is 0.183. The van der Waals surface area contributed by atoms with Crippen LogP contribution >= 0.6 is 12.6 Å². The lowest BCUT2D eigenvalue weighted by atomic mass is 10.0. The summed E-state index contributed by atoms with van der Waals surface area (Å²) >= 11 is 4.38. The molecule has 0 aromatic heterocycles. The van der Waals surface area contributed by atoms with Crippen molar-refractivity contribution in [1.82, 2.24) is 5.32 Å². The van der Waals surface area contributed by atoms with Crippen molar-refractivity contribution in [3.8, 4) is 0 Å². The molecular formula is C8H17NOS. The zero-order valence-electron chi connectivity index (χ0n) is 6.95. The maximum absolute atomic E-state index is 9.37. The fourth-order valence-electron chi connectivity index (χ4n) is 1.69. The van der Waals surface area contributed by atoms with Gasteiger partial charge < -0.3 is 10.4 Å². The molecule has 0 aromatic rings. The predicted molar refractivity (Wildman–Crippen MR) is 50.0 cm³/mol. The molecule has 2 N–H and O–H groups in total. The molecule has 0 saturated heterocycles. The Morgan fingerprint density at radius 1 is 1.55 bits per heavy atom. The Morgan fingerprint density at radius 2 is 2.27 bits per heavy atom. The largest absolute Gasteiger partial charge is 0.392 e. The Bertz CT molecular complexity index is 121. The summed E-state index contributed by atoms with van der Waals surface area (Å²) in [7, 11) is 1.96. The Hall–Kier alpha value is 0.270. The van der Waals surface area contributed by atoms with E-state index in [2.05, 4.69) is 17.9 Å². The number of hydrogen-bond acceptors (Lipinski definition) is 3. The van der Waals surface area contributed by atoms with Gasteiger partial charge in [-0.3, -0.25) is 0 Å². The quantitative estimate of drug-likeness (QED) is 0.551. The molecule has 1 rings (SSSR count). The van der Waals surface area contributed by atoms with E-state index >= 15 is 0 Å². The molecule has 11 heavy (non-hydrogen) atoms. The fourth-order valence-corrected chi connectivity index (χ4v) is 2.13. The van der Waals surface area contributed by atoms with Gasteiger partial charge in [0.2, 0.25) is 0 Å². The van der Waals surface area contributed by atoms with E-state index in [0.717, 1.165) is 25.8 Å². The van der Waals surface area contributed by atoms with E-state index in [1.807, 2.05) is 7.05 Å². The minimum Gasteiger partial charge on any atom is -0.392 e. The highest BCUT2D eigenvalue weighted by Crippen LogP contribution is 2.32. The molecule has 0 spiro atoms. The van der Waals surface area contributed by atoms with Crippen LogP contribution in [0.2, 0.25) is 0 Å². The summed E-state index contributed by atoms with van der Waals surface area (Å²) in [6, 6.07) is 0. The van der Waals surface area contributed by atoms with Crippen molar-refractivity contribution in [1.29, 1.82) is 0 Å². The first-order chi connectivity index (χ1) is 5.25. The number of aliphatic hydroxyl groups excluding tert-OH is 1. The van der Waals surface area contributed by atoms with Gasteiger partial charge in [0.1, 0.15) is 0 Å². The number of rotatable bonds is 3. The van der Waals surface area contributed by atoms with Crippen molar-refractivity contribution in [2.45, 2.75) is 30.6 Å². The smallest absolute Gasteiger partial charge is 0.0659 e. The van der Waals surface area contributed by atoms with Crippen LogP contribution in [0.1, 0.15) is 19.3 Å². The van der Waals surface area contributed by atoms with Gasteiger partial charge in [-0.2, -0.15) is 12.6 Å². The lowest BCUT2D eigenvalue weighted by Gasteiger charge is -2.15. The first-order valence-electron chi connectivity index (χ1n) is 4.26. The van der Waals surface area contributed by atoms with Crippen LogP contribution in [-0.4, -0.2) is 30.1 Å². The molecule has 3 heteroatoms. The van der Waals surface area contributed by atoms with Crippen molar-refractivity contribution in [2.24, 2.45) is 5.92 Å². The highest BCUT2D eigenvalue weighted by Gasteiger charge is 2.31. The third-order valence-electron chi connectivity index (χ3n) is 2.48. The summed E-state index contributed by atoms with van der Waals surface area (Å²) in [6.07, 6.45) is 3.04. The second-order valence-corrected chi connectivity index (χ2v) is 3.88. The van der Waals surface area contributed by atoms with Crippen LogP contribution < -0.4 is 5.32 Å². The molecule has 0 amide bonds. The van der Waals surface area contributed by atoms with Crippen molar-refractivity contribution in [3.63, 3.8) is 0 Å². The first kappa shape index (κ1) is 9.36.